The molecule has 0 saturated carbocycles. The molecule has 2 aliphatic rings. The van der Waals surface area contributed by atoms with Gasteiger partial charge in [-0.15, -0.1) is 22.1 Å². The van der Waals surface area contributed by atoms with Crippen molar-refractivity contribution in [3.05, 3.63) is 105 Å². The minimum absolute atomic E-state index is 0. The zero-order valence-electron chi connectivity index (χ0n) is 28.7. The van der Waals surface area contributed by atoms with E-state index in [1.54, 1.807) is 0 Å². The summed E-state index contributed by atoms with van der Waals surface area (Å²) in [6.45, 7) is 15.6. The minimum Gasteiger partial charge on any atom is -0.657 e. The van der Waals surface area contributed by atoms with Crippen molar-refractivity contribution >= 4 is 44.4 Å². The van der Waals surface area contributed by atoms with Crippen molar-refractivity contribution in [3.63, 3.8) is 0 Å². The third-order valence-corrected chi connectivity index (χ3v) is 9.45. The average Bonchev–Trinajstić information content (AvgIpc) is 3.79. The zero-order valence-corrected chi connectivity index (χ0v) is 29.7. The summed E-state index contributed by atoms with van der Waals surface area (Å²) >= 11 is 0. The molecule has 2 aliphatic heterocycles. The summed E-state index contributed by atoms with van der Waals surface area (Å²) in [5.41, 5.74) is 18.8. The molecule has 1 aromatic carbocycles. The van der Waals surface area contributed by atoms with Gasteiger partial charge in [-0.1, -0.05) is 119 Å². The maximum Gasteiger partial charge on any atom is 2.00 e. The van der Waals surface area contributed by atoms with Crippen molar-refractivity contribution in [1.29, 1.82) is 0 Å². The standard InChI is InChI=1S/C42H44N4.Cu/c1-8-27-28(9-2)36-23-38-31(12-5)32(13-6)40(45-38)25-42-34(21-20-26-18-16-15-17-19-26)33(14-7)41(46-42)24-39-30(11-4)29(10-3)37(44-39)22-35(27)43-36;/h15-19,22-25H,8-14H2,1-7H3;/q-2;+2. The number of benzene rings is 1. The van der Waals surface area contributed by atoms with Crippen LogP contribution in [0.4, 0.5) is 0 Å². The Labute approximate surface area is 290 Å². The van der Waals surface area contributed by atoms with Crippen LogP contribution in [-0.2, 0) is 42.8 Å². The molecule has 8 bridgehead atoms. The van der Waals surface area contributed by atoms with Gasteiger partial charge in [-0.3, -0.25) is 0 Å². The SMILES string of the molecule is CCC1=C(C#Cc2ccccc2)c2cc3[n-]c(cc4nc(cc5[n-]c(cc1n2)c(CC)c5CC)C(CC)=C4CC)c(CC)c3CC.[Cu+2]. The summed E-state index contributed by atoms with van der Waals surface area (Å²) in [5, 5.41) is 0. The van der Waals surface area contributed by atoms with E-state index >= 15 is 0 Å². The molecule has 5 heteroatoms. The molecule has 0 atom stereocenters. The molecule has 5 heterocycles. The predicted octanol–water partition coefficient (Wildman–Crippen LogP) is 9.92. The summed E-state index contributed by atoms with van der Waals surface area (Å²) in [6.07, 6.45) is 6.31. The molecule has 0 amide bonds. The molecule has 243 valence electrons. The van der Waals surface area contributed by atoms with Crippen LogP contribution >= 0.6 is 0 Å². The Balaban J connectivity index is 0.00000433. The number of hydrogen-bond donors (Lipinski definition) is 0. The summed E-state index contributed by atoms with van der Waals surface area (Å²) in [5.74, 6) is 6.97. The van der Waals surface area contributed by atoms with E-state index in [-0.39, 0.29) is 17.1 Å². The van der Waals surface area contributed by atoms with Crippen molar-refractivity contribution in [2.24, 2.45) is 0 Å². The number of rotatable bonds is 7. The van der Waals surface area contributed by atoms with Gasteiger partial charge in [0.1, 0.15) is 0 Å². The molecule has 0 spiro atoms. The first-order valence-corrected chi connectivity index (χ1v) is 17.2. The Kier molecular flexibility index (Phi) is 10.8. The van der Waals surface area contributed by atoms with Gasteiger partial charge in [-0.2, -0.15) is 0 Å². The molecular weight excluding hydrogens is 624 g/mol. The molecule has 0 unspecified atom stereocenters. The van der Waals surface area contributed by atoms with E-state index < -0.39 is 0 Å². The molecule has 0 N–H and O–H groups in total. The Bertz CT molecular complexity index is 2100. The van der Waals surface area contributed by atoms with E-state index in [4.69, 9.17) is 19.9 Å². The summed E-state index contributed by atoms with van der Waals surface area (Å²) in [4.78, 5) is 21.1. The van der Waals surface area contributed by atoms with Crippen molar-refractivity contribution in [2.75, 3.05) is 0 Å². The Morgan fingerprint density at radius 3 is 1.26 bits per heavy atom. The van der Waals surface area contributed by atoms with Gasteiger partial charge in [0.05, 0.1) is 28.3 Å². The van der Waals surface area contributed by atoms with Crippen molar-refractivity contribution in [1.82, 2.24) is 19.9 Å². The van der Waals surface area contributed by atoms with Crippen LogP contribution in [-0.4, -0.2) is 9.97 Å². The van der Waals surface area contributed by atoms with E-state index in [2.05, 4.69) is 96.7 Å². The molecule has 0 aliphatic carbocycles. The van der Waals surface area contributed by atoms with E-state index in [0.717, 1.165) is 106 Å². The van der Waals surface area contributed by atoms with Gasteiger partial charge in [0.15, 0.2) is 0 Å². The zero-order chi connectivity index (χ0) is 32.4. The monoisotopic (exact) mass is 667 g/mol. The average molecular weight is 668 g/mol. The Hall–Kier alpha value is -4.10. The van der Waals surface area contributed by atoms with Crippen LogP contribution in [0.1, 0.15) is 118 Å². The van der Waals surface area contributed by atoms with Crippen LogP contribution in [0.2, 0.25) is 0 Å². The fraction of sp³-hybridized carbons (Fsp3) is 0.333. The third kappa shape index (κ3) is 6.30. The molecule has 3 aromatic heterocycles. The van der Waals surface area contributed by atoms with Gasteiger partial charge in [0.25, 0.3) is 0 Å². The second-order valence-corrected chi connectivity index (χ2v) is 11.9. The smallest absolute Gasteiger partial charge is 0.657 e. The largest absolute Gasteiger partial charge is 2.00 e. The number of hydrogen-bond acceptors (Lipinski definition) is 2. The normalized spacial score (nSPS) is 12.7. The first kappa shape index (κ1) is 34.2. The molecule has 47 heavy (non-hydrogen) atoms. The van der Waals surface area contributed by atoms with Gasteiger partial charge in [-0.25, -0.2) is 9.97 Å². The first-order chi connectivity index (χ1) is 22.5. The number of aryl methyl sites for hydroxylation is 4. The topological polar surface area (TPSA) is 54.0 Å². The molecule has 0 fully saturated rings. The van der Waals surface area contributed by atoms with Crippen LogP contribution < -0.4 is 9.97 Å². The predicted molar refractivity (Wildman–Crippen MR) is 194 cm³/mol. The van der Waals surface area contributed by atoms with Crippen molar-refractivity contribution < 1.29 is 17.1 Å². The number of nitrogens with zero attached hydrogens (tertiary/aromatic N) is 4. The molecule has 0 saturated heterocycles. The quantitative estimate of drug-likeness (QED) is 0.145. The number of aromatic nitrogens is 4. The number of allylic oxidation sites excluding steroid dienone is 4. The van der Waals surface area contributed by atoms with Gasteiger partial charge >= 0.3 is 17.1 Å². The summed E-state index contributed by atoms with van der Waals surface area (Å²) < 4.78 is 0. The van der Waals surface area contributed by atoms with Crippen LogP contribution in [0.25, 0.3) is 44.4 Å². The van der Waals surface area contributed by atoms with Gasteiger partial charge in [0.2, 0.25) is 0 Å². The first-order valence-electron chi connectivity index (χ1n) is 17.2. The molecule has 4 nitrogen and oxygen atoms in total. The molecule has 1 radical (unpaired) electrons. The van der Waals surface area contributed by atoms with Gasteiger partial charge in [-0.05, 0) is 79.9 Å². The fourth-order valence-corrected chi connectivity index (χ4v) is 7.24. The van der Waals surface area contributed by atoms with E-state index in [9.17, 15) is 0 Å². The molecule has 6 rings (SSSR count). The second-order valence-electron chi connectivity index (χ2n) is 11.9. The van der Waals surface area contributed by atoms with Crippen LogP contribution in [0.5, 0.6) is 0 Å². The van der Waals surface area contributed by atoms with E-state index in [0.29, 0.717) is 0 Å². The second kappa shape index (κ2) is 14.8. The Morgan fingerprint density at radius 1 is 0.468 bits per heavy atom. The molecule has 4 aromatic rings. The van der Waals surface area contributed by atoms with Crippen LogP contribution in [0.3, 0.4) is 0 Å². The van der Waals surface area contributed by atoms with E-state index in [1.807, 2.05) is 18.2 Å². The maximum atomic E-state index is 5.29. The number of fused-ring (bicyclic) bond motifs is 8. The summed E-state index contributed by atoms with van der Waals surface area (Å²) in [6, 6.07) is 19.0. The van der Waals surface area contributed by atoms with Crippen molar-refractivity contribution in [2.45, 2.75) is 93.4 Å². The molecular formula is C42H44CuN4. The Morgan fingerprint density at radius 2 is 0.851 bits per heavy atom. The maximum absolute atomic E-state index is 5.29. The van der Waals surface area contributed by atoms with Crippen molar-refractivity contribution in [3.8, 4) is 11.8 Å². The third-order valence-electron chi connectivity index (χ3n) is 9.45. The van der Waals surface area contributed by atoms with Gasteiger partial charge in [0, 0.05) is 5.56 Å². The summed E-state index contributed by atoms with van der Waals surface area (Å²) in [7, 11) is 0. The van der Waals surface area contributed by atoms with Crippen LogP contribution in [0, 0.1) is 11.8 Å². The minimum atomic E-state index is 0. The van der Waals surface area contributed by atoms with E-state index in [1.165, 1.54) is 33.4 Å². The fourth-order valence-electron chi connectivity index (χ4n) is 7.24. The van der Waals surface area contributed by atoms with Gasteiger partial charge < -0.3 is 9.97 Å². The van der Waals surface area contributed by atoms with Crippen LogP contribution in [0.15, 0.2) is 54.6 Å².